The first kappa shape index (κ1) is 26.1. The maximum Gasteiger partial charge on any atom is 0.251 e. The number of rotatable bonds is 10. The smallest absolute Gasteiger partial charge is 0.251 e. The summed E-state index contributed by atoms with van der Waals surface area (Å²) in [6.07, 6.45) is 3.24. The number of nitrogens with zero attached hydrogens (tertiary/aromatic N) is 4. The predicted molar refractivity (Wildman–Crippen MR) is 137 cm³/mol. The number of halogens is 2. The second-order valence-electron chi connectivity index (χ2n) is 7.51. The highest BCUT2D eigenvalue weighted by Crippen LogP contribution is 2.31. The van der Waals surface area contributed by atoms with Crippen LogP contribution in [0.5, 0.6) is 0 Å². The van der Waals surface area contributed by atoms with E-state index in [1.54, 1.807) is 36.5 Å². The van der Waals surface area contributed by atoms with Crippen molar-refractivity contribution in [1.82, 2.24) is 15.3 Å². The number of anilines is 4. The van der Waals surface area contributed by atoms with Crippen LogP contribution < -0.4 is 20.9 Å². The van der Waals surface area contributed by atoms with Gasteiger partial charge in [0.1, 0.15) is 5.82 Å². The van der Waals surface area contributed by atoms with Crippen LogP contribution in [0.3, 0.4) is 0 Å². The Morgan fingerprint density at radius 3 is 2.67 bits per heavy atom. The predicted octanol–water partition coefficient (Wildman–Crippen LogP) is 4.27. The van der Waals surface area contributed by atoms with Crippen molar-refractivity contribution in [1.29, 1.82) is 5.26 Å². The first-order valence-corrected chi connectivity index (χ1v) is 11.2. The molecule has 0 aliphatic rings. The molecule has 36 heavy (non-hydrogen) atoms. The Bertz CT molecular complexity index is 1310. The fourth-order valence-electron chi connectivity index (χ4n) is 3.10. The molecule has 3 N–H and O–H groups in total. The van der Waals surface area contributed by atoms with Crippen LogP contribution in [0.15, 0.2) is 61.3 Å². The van der Waals surface area contributed by atoms with Crippen LogP contribution in [-0.2, 0) is 4.79 Å². The lowest BCUT2D eigenvalue weighted by Crippen LogP contribution is -2.25. The van der Waals surface area contributed by atoms with Gasteiger partial charge in [0.05, 0.1) is 22.3 Å². The van der Waals surface area contributed by atoms with Gasteiger partial charge in [-0.15, -0.1) is 0 Å². The molecule has 1 heterocycles. The van der Waals surface area contributed by atoms with Crippen LogP contribution in [0, 0.1) is 17.1 Å². The number of aromatic nitrogens is 2. The topological polar surface area (TPSA) is 123 Å². The van der Waals surface area contributed by atoms with Crippen molar-refractivity contribution in [2.75, 3.05) is 35.7 Å². The average Bonchev–Trinajstić information content (AvgIpc) is 2.89. The van der Waals surface area contributed by atoms with E-state index in [0.717, 1.165) is 11.0 Å². The van der Waals surface area contributed by atoms with E-state index in [-0.39, 0.29) is 16.6 Å². The minimum absolute atomic E-state index is 0.00893. The molecular weight excluding hydrogens is 485 g/mol. The molecule has 0 radical (unpaired) electrons. The number of carbonyl (C=O) groups is 2. The number of amides is 2. The van der Waals surface area contributed by atoms with Gasteiger partial charge in [0, 0.05) is 37.6 Å². The van der Waals surface area contributed by atoms with E-state index >= 15 is 0 Å². The summed E-state index contributed by atoms with van der Waals surface area (Å²) in [6, 6.07) is 12.8. The van der Waals surface area contributed by atoms with E-state index in [4.69, 9.17) is 16.9 Å². The zero-order chi connectivity index (χ0) is 26.1. The molecule has 1 aromatic heterocycles. The van der Waals surface area contributed by atoms with Crippen LogP contribution in [0.4, 0.5) is 27.5 Å². The van der Waals surface area contributed by atoms with Crippen molar-refractivity contribution in [3.63, 3.8) is 0 Å². The molecule has 3 aromatic rings. The largest absolute Gasteiger partial charge is 0.354 e. The molecule has 11 heteroatoms. The van der Waals surface area contributed by atoms with E-state index in [1.807, 2.05) is 6.07 Å². The summed E-state index contributed by atoms with van der Waals surface area (Å²) in [5.41, 5.74) is 1.39. The maximum atomic E-state index is 14.4. The third-order valence-corrected chi connectivity index (χ3v) is 5.28. The zero-order valence-electron chi connectivity index (χ0n) is 19.4. The number of nitrogens with one attached hydrogen (secondary N) is 3. The second kappa shape index (κ2) is 12.3. The quantitative estimate of drug-likeness (QED) is 0.276. The van der Waals surface area contributed by atoms with E-state index in [1.165, 1.54) is 19.2 Å². The van der Waals surface area contributed by atoms with Gasteiger partial charge in [-0.05, 0) is 55.0 Å². The number of nitriles is 1. The molecular formula is C25H23ClFN7O2. The molecule has 0 aliphatic carbocycles. The van der Waals surface area contributed by atoms with Crippen LogP contribution in [0.1, 0.15) is 22.3 Å². The van der Waals surface area contributed by atoms with Crippen LogP contribution in [0.25, 0.3) is 0 Å². The van der Waals surface area contributed by atoms with Gasteiger partial charge >= 0.3 is 0 Å². The van der Waals surface area contributed by atoms with E-state index in [0.29, 0.717) is 48.1 Å². The number of hydrogen-bond acceptors (Lipinski definition) is 7. The lowest BCUT2D eigenvalue weighted by Gasteiger charge is -2.18. The number of carbonyl (C=O) groups excluding carboxylic acids is 2. The molecule has 0 fully saturated rings. The fraction of sp³-hybridized carbons (Fsp3) is 0.160. The fourth-order valence-corrected chi connectivity index (χ4v) is 3.31. The summed E-state index contributed by atoms with van der Waals surface area (Å²) in [6.45, 7) is 4.33. The van der Waals surface area contributed by atoms with Crippen molar-refractivity contribution < 1.29 is 14.0 Å². The van der Waals surface area contributed by atoms with Crippen molar-refractivity contribution in [2.45, 2.75) is 6.42 Å². The van der Waals surface area contributed by atoms with Crippen molar-refractivity contribution >= 4 is 46.6 Å². The number of benzene rings is 2. The summed E-state index contributed by atoms with van der Waals surface area (Å²) >= 11 is 6.01. The summed E-state index contributed by atoms with van der Waals surface area (Å²) in [7, 11) is 1.42. The highest BCUT2D eigenvalue weighted by atomic mass is 35.5. The van der Waals surface area contributed by atoms with Gasteiger partial charge in [-0.1, -0.05) is 18.2 Å². The first-order valence-electron chi connectivity index (χ1n) is 10.8. The van der Waals surface area contributed by atoms with Gasteiger partial charge < -0.3 is 20.9 Å². The van der Waals surface area contributed by atoms with Crippen LogP contribution in [0.2, 0.25) is 5.02 Å². The van der Waals surface area contributed by atoms with Gasteiger partial charge in [-0.3, -0.25) is 9.59 Å². The first-order chi connectivity index (χ1) is 17.3. The summed E-state index contributed by atoms with van der Waals surface area (Å²) in [5.74, 6) is -0.654. The normalized spacial score (nSPS) is 10.2. The molecule has 3 rings (SSSR count). The second-order valence-corrected chi connectivity index (χ2v) is 7.92. The molecule has 9 nitrogen and oxygen atoms in total. The van der Waals surface area contributed by atoms with Crippen molar-refractivity contribution in [3.8, 4) is 6.07 Å². The molecule has 0 aliphatic heterocycles. The van der Waals surface area contributed by atoms with Crippen LogP contribution in [-0.4, -0.2) is 41.9 Å². The van der Waals surface area contributed by atoms with E-state index in [9.17, 15) is 14.0 Å². The Morgan fingerprint density at radius 2 is 1.97 bits per heavy atom. The molecule has 0 saturated carbocycles. The SMILES string of the molecule is C=CC(=O)N(C)c1cc(Nc2ccnc(NCCCNC(=O)c3ccc(C#N)cc3)n2)cc(Cl)c1F. The van der Waals surface area contributed by atoms with Gasteiger partial charge in [0.15, 0.2) is 5.82 Å². The highest BCUT2D eigenvalue weighted by molar-refractivity contribution is 6.31. The molecule has 0 atom stereocenters. The third-order valence-electron chi connectivity index (χ3n) is 5.00. The lowest BCUT2D eigenvalue weighted by molar-refractivity contribution is -0.113. The summed E-state index contributed by atoms with van der Waals surface area (Å²) < 4.78 is 14.4. The standard InChI is InChI=1S/C25H23ClFN7O2/c1-3-22(35)34(2)20-14-18(13-19(26)23(20)27)32-21-9-12-31-25(33-21)30-11-4-10-29-24(36)17-7-5-16(15-28)6-8-17/h3,5-9,12-14H,1,4,10-11H2,2H3,(H,29,36)(H2,30,31,32,33). The molecule has 0 saturated heterocycles. The molecule has 2 aromatic carbocycles. The molecule has 184 valence electrons. The van der Waals surface area contributed by atoms with Gasteiger partial charge in [0.2, 0.25) is 11.9 Å². The molecule has 0 bridgehead atoms. The maximum absolute atomic E-state index is 14.4. The average molecular weight is 508 g/mol. The Balaban J connectivity index is 1.54. The summed E-state index contributed by atoms with van der Waals surface area (Å²) in [4.78, 5) is 33.7. The Kier molecular flexibility index (Phi) is 8.91. The van der Waals surface area contributed by atoms with Gasteiger partial charge in [0.25, 0.3) is 5.91 Å². The van der Waals surface area contributed by atoms with Crippen LogP contribution >= 0.6 is 11.6 Å². The Hall–Kier alpha value is -4.49. The van der Waals surface area contributed by atoms with E-state index < -0.39 is 11.7 Å². The number of hydrogen-bond donors (Lipinski definition) is 3. The Labute approximate surface area is 212 Å². The molecule has 0 unspecified atom stereocenters. The minimum Gasteiger partial charge on any atom is -0.354 e. The van der Waals surface area contributed by atoms with Gasteiger partial charge in [-0.25, -0.2) is 9.37 Å². The molecule has 0 spiro atoms. The highest BCUT2D eigenvalue weighted by Gasteiger charge is 2.17. The van der Waals surface area contributed by atoms with Crippen molar-refractivity contribution in [2.24, 2.45) is 0 Å². The van der Waals surface area contributed by atoms with E-state index in [2.05, 4.69) is 32.5 Å². The summed E-state index contributed by atoms with van der Waals surface area (Å²) in [5, 5.41) is 17.6. The molecule has 2 amide bonds. The monoisotopic (exact) mass is 507 g/mol. The number of likely N-dealkylation sites (N-methyl/N-ethyl adjacent to an activating group) is 1. The third kappa shape index (κ3) is 6.77. The van der Waals surface area contributed by atoms with Gasteiger partial charge in [-0.2, -0.15) is 10.2 Å². The minimum atomic E-state index is -0.726. The Morgan fingerprint density at radius 1 is 1.22 bits per heavy atom. The van der Waals surface area contributed by atoms with Crippen molar-refractivity contribution in [3.05, 3.63) is 83.3 Å². The lowest BCUT2D eigenvalue weighted by atomic mass is 10.1. The zero-order valence-corrected chi connectivity index (χ0v) is 20.1.